The van der Waals surface area contributed by atoms with Gasteiger partial charge in [0.05, 0.1) is 10.9 Å². The number of aryl methyl sites for hydroxylation is 1. The van der Waals surface area contributed by atoms with Crippen LogP contribution in [0.5, 0.6) is 11.5 Å². The van der Waals surface area contributed by atoms with Gasteiger partial charge in [-0.05, 0) is 49.1 Å². The lowest BCUT2D eigenvalue weighted by Gasteiger charge is -2.38. The van der Waals surface area contributed by atoms with Gasteiger partial charge in [0.15, 0.2) is 11.5 Å². The van der Waals surface area contributed by atoms with Gasteiger partial charge in [-0.1, -0.05) is 37.5 Å². The molecule has 0 spiro atoms. The van der Waals surface area contributed by atoms with E-state index < -0.39 is 0 Å². The monoisotopic (exact) mass is 447 g/mol. The smallest absolute Gasteiger partial charge is 0.258 e. The minimum absolute atomic E-state index is 0.0313. The molecule has 7 nitrogen and oxygen atoms in total. The molecule has 7 heteroatoms. The number of nitrogens with zero attached hydrogens (tertiary/aromatic N) is 1. The Morgan fingerprint density at radius 2 is 1.88 bits per heavy atom. The van der Waals surface area contributed by atoms with Crippen molar-refractivity contribution in [1.82, 2.24) is 15.3 Å². The number of carbonyl (C=O) groups excluding carboxylic acids is 1. The van der Waals surface area contributed by atoms with Gasteiger partial charge in [-0.2, -0.15) is 0 Å². The third-order valence-corrected chi connectivity index (χ3v) is 6.90. The molecule has 2 heterocycles. The molecular formula is C26H29N3O4. The minimum Gasteiger partial charge on any atom is -0.454 e. The Morgan fingerprint density at radius 3 is 2.76 bits per heavy atom. The molecule has 1 aromatic heterocycles. The summed E-state index contributed by atoms with van der Waals surface area (Å²) in [7, 11) is 0. The maximum absolute atomic E-state index is 12.7. The fourth-order valence-corrected chi connectivity index (χ4v) is 5.05. The highest BCUT2D eigenvalue weighted by Crippen LogP contribution is 2.43. The topological polar surface area (TPSA) is 93.3 Å². The summed E-state index contributed by atoms with van der Waals surface area (Å²) in [5.41, 5.74) is 1.69. The number of aromatic nitrogens is 2. The van der Waals surface area contributed by atoms with Gasteiger partial charge < -0.3 is 19.8 Å². The van der Waals surface area contributed by atoms with Gasteiger partial charge in [0.25, 0.3) is 5.56 Å². The molecule has 2 aromatic carbocycles. The molecule has 33 heavy (non-hydrogen) atoms. The summed E-state index contributed by atoms with van der Waals surface area (Å²) in [5, 5.41) is 3.77. The highest BCUT2D eigenvalue weighted by molar-refractivity contribution is 5.77. The summed E-state index contributed by atoms with van der Waals surface area (Å²) in [6.07, 6.45) is 7.23. The number of para-hydroxylation sites is 1. The third kappa shape index (κ3) is 4.58. The van der Waals surface area contributed by atoms with Crippen LogP contribution in [-0.2, 0) is 16.6 Å². The number of carbonyl (C=O) groups is 1. The Balaban J connectivity index is 1.20. The first kappa shape index (κ1) is 21.5. The van der Waals surface area contributed by atoms with E-state index in [1.165, 1.54) is 12.0 Å². The molecule has 3 aromatic rings. The first-order chi connectivity index (χ1) is 16.1. The number of amides is 1. The Kier molecular flexibility index (Phi) is 6.03. The number of aromatic amines is 1. The van der Waals surface area contributed by atoms with Crippen LogP contribution in [-0.4, -0.2) is 29.2 Å². The first-order valence-electron chi connectivity index (χ1n) is 11.8. The second-order valence-electron chi connectivity index (χ2n) is 9.07. The lowest BCUT2D eigenvalue weighted by atomic mass is 9.69. The van der Waals surface area contributed by atoms with Crippen LogP contribution in [0, 0.1) is 0 Å². The zero-order chi connectivity index (χ0) is 22.7. The molecule has 1 saturated carbocycles. The van der Waals surface area contributed by atoms with Crippen molar-refractivity contribution in [3.8, 4) is 11.5 Å². The lowest BCUT2D eigenvalue weighted by Crippen LogP contribution is -2.42. The Morgan fingerprint density at radius 1 is 1.06 bits per heavy atom. The molecule has 0 atom stereocenters. The number of hydrogen-bond donors (Lipinski definition) is 2. The molecule has 2 N–H and O–H groups in total. The van der Waals surface area contributed by atoms with Crippen molar-refractivity contribution in [1.29, 1.82) is 0 Å². The third-order valence-electron chi connectivity index (χ3n) is 6.90. The van der Waals surface area contributed by atoms with Crippen LogP contribution in [0.2, 0.25) is 0 Å². The number of hydrogen-bond acceptors (Lipinski definition) is 5. The van der Waals surface area contributed by atoms with Crippen molar-refractivity contribution in [2.75, 3.05) is 13.3 Å². The maximum atomic E-state index is 12.7. The molecule has 0 unspecified atom stereocenters. The number of ether oxygens (including phenoxy) is 2. The fraction of sp³-hybridized carbons (Fsp3) is 0.423. The molecule has 1 amide bonds. The average molecular weight is 448 g/mol. The normalized spacial score (nSPS) is 16.6. The minimum atomic E-state index is -0.136. The Labute approximate surface area is 192 Å². The molecule has 0 radical (unpaired) electrons. The Bertz CT molecular complexity index is 1210. The second-order valence-corrected chi connectivity index (χ2v) is 9.07. The van der Waals surface area contributed by atoms with Gasteiger partial charge in [-0.25, -0.2) is 4.98 Å². The number of benzene rings is 2. The Hall–Kier alpha value is -3.35. The molecule has 5 rings (SSSR count). The van der Waals surface area contributed by atoms with Crippen LogP contribution in [0.25, 0.3) is 10.9 Å². The number of nitrogens with one attached hydrogen (secondary N) is 2. The van der Waals surface area contributed by atoms with Crippen LogP contribution < -0.4 is 20.3 Å². The van der Waals surface area contributed by atoms with Crippen molar-refractivity contribution < 1.29 is 14.3 Å². The highest BCUT2D eigenvalue weighted by Gasteiger charge is 2.35. The molecule has 1 aliphatic heterocycles. The van der Waals surface area contributed by atoms with Gasteiger partial charge in [-0.15, -0.1) is 0 Å². The second kappa shape index (κ2) is 9.25. The zero-order valence-corrected chi connectivity index (χ0v) is 18.7. The van der Waals surface area contributed by atoms with Crippen LogP contribution >= 0.6 is 0 Å². The summed E-state index contributed by atoms with van der Waals surface area (Å²) in [6, 6.07) is 13.5. The van der Waals surface area contributed by atoms with E-state index in [2.05, 4.69) is 27.4 Å². The molecule has 1 aliphatic carbocycles. The van der Waals surface area contributed by atoms with E-state index in [-0.39, 0.29) is 23.7 Å². The zero-order valence-electron chi connectivity index (χ0n) is 18.7. The SMILES string of the molecule is O=C(CCCc1nc2ccccc2c(=O)[nH]1)NCC1(c2ccc3c(c2)OCO3)CCCCC1. The molecule has 1 fully saturated rings. The van der Waals surface area contributed by atoms with Gasteiger partial charge in [0, 0.05) is 24.8 Å². The molecule has 2 aliphatic rings. The summed E-state index contributed by atoms with van der Waals surface area (Å²) >= 11 is 0. The number of fused-ring (bicyclic) bond motifs is 2. The molecule has 172 valence electrons. The van der Waals surface area contributed by atoms with Crippen LogP contribution in [0.4, 0.5) is 0 Å². The summed E-state index contributed by atoms with van der Waals surface area (Å²) in [6.45, 7) is 0.885. The standard InChI is InChI=1S/C26H29N3O4/c30-24(10-6-9-23-28-20-8-3-2-7-19(20)25(31)29-23)27-16-26(13-4-1-5-14-26)18-11-12-21-22(15-18)33-17-32-21/h2-3,7-8,11-12,15H,1,4-6,9-10,13-14,16-17H2,(H,27,30)(H,28,29,31). The highest BCUT2D eigenvalue weighted by atomic mass is 16.7. The number of rotatable bonds is 7. The number of H-pyrrole nitrogens is 1. The van der Waals surface area contributed by atoms with Crippen molar-refractivity contribution in [3.63, 3.8) is 0 Å². The summed E-state index contributed by atoms with van der Waals surface area (Å²) in [4.78, 5) is 32.2. The van der Waals surface area contributed by atoms with Crippen LogP contribution in [0.3, 0.4) is 0 Å². The van der Waals surface area contributed by atoms with E-state index in [4.69, 9.17) is 9.47 Å². The van der Waals surface area contributed by atoms with Gasteiger partial charge >= 0.3 is 0 Å². The quantitative estimate of drug-likeness (QED) is 0.571. The average Bonchev–Trinajstić information content (AvgIpc) is 3.32. The first-order valence-corrected chi connectivity index (χ1v) is 11.8. The summed E-state index contributed by atoms with van der Waals surface area (Å²) < 4.78 is 11.1. The van der Waals surface area contributed by atoms with Gasteiger partial charge in [-0.3, -0.25) is 9.59 Å². The predicted molar refractivity (Wildman–Crippen MR) is 126 cm³/mol. The van der Waals surface area contributed by atoms with E-state index >= 15 is 0 Å². The molecular weight excluding hydrogens is 418 g/mol. The van der Waals surface area contributed by atoms with E-state index in [0.29, 0.717) is 42.5 Å². The molecule has 0 saturated heterocycles. The van der Waals surface area contributed by atoms with E-state index in [1.54, 1.807) is 6.07 Å². The van der Waals surface area contributed by atoms with Gasteiger partial charge in [0.2, 0.25) is 12.7 Å². The lowest BCUT2D eigenvalue weighted by molar-refractivity contribution is -0.121. The van der Waals surface area contributed by atoms with Crippen LogP contribution in [0.1, 0.15) is 56.3 Å². The fourth-order valence-electron chi connectivity index (χ4n) is 5.05. The largest absolute Gasteiger partial charge is 0.454 e. The van der Waals surface area contributed by atoms with Crippen molar-refractivity contribution in [3.05, 3.63) is 64.2 Å². The van der Waals surface area contributed by atoms with Crippen molar-refractivity contribution in [2.45, 2.75) is 56.8 Å². The summed E-state index contributed by atoms with van der Waals surface area (Å²) in [5.74, 6) is 2.23. The predicted octanol–water partition coefficient (Wildman–Crippen LogP) is 3.99. The van der Waals surface area contributed by atoms with Crippen molar-refractivity contribution >= 4 is 16.8 Å². The maximum Gasteiger partial charge on any atom is 0.258 e. The molecule has 0 bridgehead atoms. The van der Waals surface area contributed by atoms with Crippen molar-refractivity contribution in [2.24, 2.45) is 0 Å². The van der Waals surface area contributed by atoms with E-state index in [1.807, 2.05) is 24.3 Å². The van der Waals surface area contributed by atoms with Gasteiger partial charge in [0.1, 0.15) is 5.82 Å². The van der Waals surface area contributed by atoms with Crippen LogP contribution in [0.15, 0.2) is 47.3 Å². The van der Waals surface area contributed by atoms with E-state index in [0.717, 1.165) is 37.2 Å². The van der Waals surface area contributed by atoms with E-state index in [9.17, 15) is 9.59 Å².